The molecule has 0 aliphatic rings. The molecule has 1 aromatic carbocycles. The molecule has 0 radical (unpaired) electrons. The van der Waals surface area contributed by atoms with Gasteiger partial charge in [-0.15, -0.1) is 0 Å². The molecule has 0 atom stereocenters. The first-order valence-electron chi connectivity index (χ1n) is 6.42. The first kappa shape index (κ1) is 14.0. The lowest BCUT2D eigenvalue weighted by molar-refractivity contribution is 0.869. The average molecular weight is 269 g/mol. The molecule has 2 aromatic rings. The molecular formula is C15H19N5. The SMILES string of the molecule is Cc1cnc(C)c(N(C)Cc2cccc(C(=N)N)c2)n1. The van der Waals surface area contributed by atoms with Crippen molar-refractivity contribution < 1.29 is 0 Å². The van der Waals surface area contributed by atoms with Crippen molar-refractivity contribution in [3.63, 3.8) is 0 Å². The van der Waals surface area contributed by atoms with Crippen molar-refractivity contribution in [2.24, 2.45) is 5.73 Å². The van der Waals surface area contributed by atoms with E-state index in [1.807, 2.05) is 45.2 Å². The molecule has 5 nitrogen and oxygen atoms in total. The van der Waals surface area contributed by atoms with Crippen LogP contribution in [0, 0.1) is 19.3 Å². The number of hydrogen-bond donors (Lipinski definition) is 2. The van der Waals surface area contributed by atoms with Crippen molar-refractivity contribution in [3.8, 4) is 0 Å². The second kappa shape index (κ2) is 5.69. The lowest BCUT2D eigenvalue weighted by Gasteiger charge is -2.20. The predicted molar refractivity (Wildman–Crippen MR) is 81.1 cm³/mol. The normalized spacial score (nSPS) is 10.3. The Bertz CT molecular complexity index is 636. The Kier molecular flexibility index (Phi) is 3.98. The van der Waals surface area contributed by atoms with Gasteiger partial charge in [-0.3, -0.25) is 10.4 Å². The van der Waals surface area contributed by atoms with E-state index >= 15 is 0 Å². The molecule has 3 N–H and O–H groups in total. The van der Waals surface area contributed by atoms with Crippen LogP contribution >= 0.6 is 0 Å². The maximum Gasteiger partial charge on any atom is 0.150 e. The first-order chi connectivity index (χ1) is 9.47. The number of nitrogens with one attached hydrogen (secondary N) is 1. The van der Waals surface area contributed by atoms with E-state index < -0.39 is 0 Å². The fourth-order valence-corrected chi connectivity index (χ4v) is 2.07. The molecule has 0 bridgehead atoms. The van der Waals surface area contributed by atoms with Gasteiger partial charge in [-0.1, -0.05) is 18.2 Å². The van der Waals surface area contributed by atoms with E-state index in [1.54, 1.807) is 6.20 Å². The zero-order chi connectivity index (χ0) is 14.7. The second-order valence-corrected chi connectivity index (χ2v) is 4.89. The van der Waals surface area contributed by atoms with Crippen LogP contribution in [0.2, 0.25) is 0 Å². The molecular weight excluding hydrogens is 250 g/mol. The smallest absolute Gasteiger partial charge is 0.150 e. The molecule has 0 saturated carbocycles. The number of hydrogen-bond acceptors (Lipinski definition) is 4. The van der Waals surface area contributed by atoms with Crippen LogP contribution in [0.25, 0.3) is 0 Å². The van der Waals surface area contributed by atoms with Gasteiger partial charge in [0.25, 0.3) is 0 Å². The zero-order valence-corrected chi connectivity index (χ0v) is 12.0. The van der Waals surface area contributed by atoms with Gasteiger partial charge in [0.05, 0.1) is 11.4 Å². The summed E-state index contributed by atoms with van der Waals surface area (Å²) >= 11 is 0. The van der Waals surface area contributed by atoms with Gasteiger partial charge >= 0.3 is 0 Å². The fraction of sp³-hybridized carbons (Fsp3) is 0.267. The topological polar surface area (TPSA) is 78.9 Å². The number of anilines is 1. The molecule has 2 rings (SSSR count). The van der Waals surface area contributed by atoms with Crippen LogP contribution in [0.4, 0.5) is 5.82 Å². The lowest BCUT2D eigenvalue weighted by atomic mass is 10.1. The number of amidine groups is 1. The third kappa shape index (κ3) is 3.12. The molecule has 0 unspecified atom stereocenters. The summed E-state index contributed by atoms with van der Waals surface area (Å²) in [5.74, 6) is 0.958. The Morgan fingerprint density at radius 3 is 2.80 bits per heavy atom. The summed E-state index contributed by atoms with van der Waals surface area (Å²) < 4.78 is 0. The summed E-state index contributed by atoms with van der Waals surface area (Å²) in [5.41, 5.74) is 9.14. The molecule has 104 valence electrons. The number of aryl methyl sites for hydroxylation is 2. The van der Waals surface area contributed by atoms with Crippen molar-refractivity contribution in [1.29, 1.82) is 5.41 Å². The van der Waals surface area contributed by atoms with Gasteiger partial charge < -0.3 is 10.6 Å². The summed E-state index contributed by atoms with van der Waals surface area (Å²) in [4.78, 5) is 10.9. The highest BCUT2D eigenvalue weighted by Gasteiger charge is 2.09. The minimum Gasteiger partial charge on any atom is -0.384 e. The Hall–Kier alpha value is -2.43. The van der Waals surface area contributed by atoms with Crippen LogP contribution in [0.3, 0.4) is 0 Å². The van der Waals surface area contributed by atoms with Gasteiger partial charge in [0.15, 0.2) is 0 Å². The molecule has 20 heavy (non-hydrogen) atoms. The van der Waals surface area contributed by atoms with E-state index in [1.165, 1.54) is 0 Å². The highest BCUT2D eigenvalue weighted by Crippen LogP contribution is 2.17. The first-order valence-corrected chi connectivity index (χ1v) is 6.42. The number of benzene rings is 1. The maximum atomic E-state index is 7.48. The fourth-order valence-electron chi connectivity index (χ4n) is 2.07. The Morgan fingerprint density at radius 1 is 1.35 bits per heavy atom. The Morgan fingerprint density at radius 2 is 2.10 bits per heavy atom. The maximum absolute atomic E-state index is 7.48. The highest BCUT2D eigenvalue weighted by molar-refractivity contribution is 5.95. The van der Waals surface area contributed by atoms with E-state index in [9.17, 15) is 0 Å². The van der Waals surface area contributed by atoms with Gasteiger partial charge in [0.2, 0.25) is 0 Å². The van der Waals surface area contributed by atoms with Gasteiger partial charge in [-0.2, -0.15) is 0 Å². The van der Waals surface area contributed by atoms with Crippen LogP contribution in [-0.4, -0.2) is 22.9 Å². The summed E-state index contributed by atoms with van der Waals surface area (Å²) in [6.07, 6.45) is 1.77. The number of nitrogen functional groups attached to an aromatic ring is 1. The number of aromatic nitrogens is 2. The van der Waals surface area contributed by atoms with E-state index in [2.05, 4.69) is 14.9 Å². The molecule has 1 aromatic heterocycles. The van der Waals surface area contributed by atoms with E-state index in [0.29, 0.717) is 6.54 Å². The molecule has 0 spiro atoms. The van der Waals surface area contributed by atoms with Crippen molar-refractivity contribution in [3.05, 3.63) is 53.0 Å². The number of nitrogens with zero attached hydrogens (tertiary/aromatic N) is 3. The quantitative estimate of drug-likeness (QED) is 0.657. The molecule has 5 heteroatoms. The van der Waals surface area contributed by atoms with Crippen molar-refractivity contribution in [1.82, 2.24) is 9.97 Å². The second-order valence-electron chi connectivity index (χ2n) is 4.89. The minimum atomic E-state index is 0.0843. The summed E-state index contributed by atoms with van der Waals surface area (Å²) in [6, 6.07) is 7.69. The van der Waals surface area contributed by atoms with Gasteiger partial charge in [-0.05, 0) is 25.5 Å². The van der Waals surface area contributed by atoms with Gasteiger partial charge in [-0.25, -0.2) is 4.98 Å². The highest BCUT2D eigenvalue weighted by atomic mass is 15.2. The third-order valence-corrected chi connectivity index (χ3v) is 3.07. The van der Waals surface area contributed by atoms with E-state index in [0.717, 1.165) is 28.3 Å². The molecule has 0 amide bonds. The van der Waals surface area contributed by atoms with Crippen LogP contribution < -0.4 is 10.6 Å². The summed E-state index contributed by atoms with van der Waals surface area (Å²) in [7, 11) is 1.98. The molecule has 0 aliphatic heterocycles. The van der Waals surface area contributed by atoms with Gasteiger partial charge in [0.1, 0.15) is 11.7 Å². The van der Waals surface area contributed by atoms with Crippen LogP contribution in [-0.2, 0) is 6.54 Å². The zero-order valence-electron chi connectivity index (χ0n) is 12.0. The summed E-state index contributed by atoms with van der Waals surface area (Å²) in [6.45, 7) is 4.57. The van der Waals surface area contributed by atoms with E-state index in [-0.39, 0.29) is 5.84 Å². The van der Waals surface area contributed by atoms with Crippen LogP contribution in [0.5, 0.6) is 0 Å². The number of nitrogens with two attached hydrogens (primary N) is 1. The standard InChI is InChI=1S/C15H19N5/c1-10-8-18-11(2)15(19-10)20(3)9-12-5-4-6-13(7-12)14(16)17/h4-8H,9H2,1-3H3,(H3,16,17). The molecule has 0 saturated heterocycles. The Labute approximate surface area is 119 Å². The van der Waals surface area contributed by atoms with Crippen molar-refractivity contribution in [2.45, 2.75) is 20.4 Å². The number of rotatable bonds is 4. The lowest BCUT2D eigenvalue weighted by Crippen LogP contribution is -2.20. The van der Waals surface area contributed by atoms with Crippen molar-refractivity contribution >= 4 is 11.7 Å². The monoisotopic (exact) mass is 269 g/mol. The third-order valence-electron chi connectivity index (χ3n) is 3.07. The van der Waals surface area contributed by atoms with E-state index in [4.69, 9.17) is 11.1 Å². The largest absolute Gasteiger partial charge is 0.384 e. The molecule has 1 heterocycles. The average Bonchev–Trinajstić information content (AvgIpc) is 2.41. The minimum absolute atomic E-state index is 0.0843. The van der Waals surface area contributed by atoms with Crippen LogP contribution in [0.15, 0.2) is 30.5 Å². The predicted octanol–water partition coefficient (Wildman–Crippen LogP) is 2.01. The molecule has 0 fully saturated rings. The summed E-state index contributed by atoms with van der Waals surface area (Å²) in [5, 5.41) is 7.48. The van der Waals surface area contributed by atoms with Gasteiger partial charge in [0, 0.05) is 25.4 Å². The molecule has 0 aliphatic carbocycles. The Balaban J connectivity index is 2.23. The van der Waals surface area contributed by atoms with Crippen LogP contribution in [0.1, 0.15) is 22.5 Å². The van der Waals surface area contributed by atoms with Crippen molar-refractivity contribution in [2.75, 3.05) is 11.9 Å².